The third-order valence-electron chi connectivity index (χ3n) is 1.42. The lowest BCUT2D eigenvalue weighted by atomic mass is 10.2. The summed E-state index contributed by atoms with van der Waals surface area (Å²) in [5, 5.41) is 0. The molecule has 0 aromatic carbocycles. The van der Waals surface area contributed by atoms with Gasteiger partial charge in [0.1, 0.15) is 0 Å². The Labute approximate surface area is 71.0 Å². The van der Waals surface area contributed by atoms with Gasteiger partial charge in [0.15, 0.2) is 12.4 Å². The van der Waals surface area contributed by atoms with Crippen molar-refractivity contribution >= 4 is 10.1 Å². The highest BCUT2D eigenvalue weighted by molar-refractivity contribution is 7.85. The summed E-state index contributed by atoms with van der Waals surface area (Å²) in [7, 11) is -3.84. The molecule has 0 bridgehead atoms. The van der Waals surface area contributed by atoms with E-state index < -0.39 is 10.1 Å². The third-order valence-corrected chi connectivity index (χ3v) is 2.14. The molecule has 0 saturated carbocycles. The summed E-state index contributed by atoms with van der Waals surface area (Å²) in [5.74, 6) is -0.231. The maximum Gasteiger partial charge on any atom is 0.265 e. The summed E-state index contributed by atoms with van der Waals surface area (Å²) in [6.45, 7) is 0. The van der Waals surface area contributed by atoms with Gasteiger partial charge in [-0.3, -0.25) is 4.55 Å². The number of aryl methyl sites for hydroxylation is 1. The normalized spacial score (nSPS) is 11.4. The zero-order valence-corrected chi connectivity index (χ0v) is 7.21. The second-order valence-electron chi connectivity index (χ2n) is 2.45. The Hall–Kier alpha value is -0.940. The first-order valence-electron chi connectivity index (χ1n) is 3.48. The number of aromatic amines is 1. The molecule has 1 aromatic heterocycles. The highest BCUT2D eigenvalue weighted by Gasteiger charge is 2.05. The van der Waals surface area contributed by atoms with Gasteiger partial charge in [-0.1, -0.05) is 0 Å². The van der Waals surface area contributed by atoms with Crippen molar-refractivity contribution in [2.24, 2.45) is 0 Å². The number of aromatic nitrogens is 1. The van der Waals surface area contributed by atoms with E-state index in [1.165, 1.54) is 0 Å². The summed E-state index contributed by atoms with van der Waals surface area (Å²) in [4.78, 5) is 2.82. The van der Waals surface area contributed by atoms with Crippen LogP contribution in [0.2, 0.25) is 0 Å². The molecular formula is C7H10NO3S+. The van der Waals surface area contributed by atoms with E-state index >= 15 is 0 Å². The van der Waals surface area contributed by atoms with Crippen molar-refractivity contribution in [3.63, 3.8) is 0 Å². The standard InChI is InChI=1S/C7H9NO3S/c9-12(10,11)5-3-7-2-1-4-8-6-7/h1-2,4,6H,3,5H2,(H,9,10,11)/p+1. The fourth-order valence-electron chi connectivity index (χ4n) is 0.833. The summed E-state index contributed by atoms with van der Waals surface area (Å²) in [6, 6.07) is 3.57. The van der Waals surface area contributed by atoms with Crippen LogP contribution in [0.4, 0.5) is 0 Å². The summed E-state index contributed by atoms with van der Waals surface area (Å²) < 4.78 is 29.1. The molecule has 0 aliphatic heterocycles. The van der Waals surface area contributed by atoms with Crippen LogP contribution in [0.15, 0.2) is 24.5 Å². The van der Waals surface area contributed by atoms with Crippen LogP contribution in [0.25, 0.3) is 0 Å². The van der Waals surface area contributed by atoms with Gasteiger partial charge in [-0.05, 0) is 12.5 Å². The Kier molecular flexibility index (Phi) is 2.78. The van der Waals surface area contributed by atoms with Crippen LogP contribution in [-0.2, 0) is 16.5 Å². The number of pyridine rings is 1. The molecule has 0 aliphatic carbocycles. The number of hydrogen-bond donors (Lipinski definition) is 1. The predicted molar refractivity (Wildman–Crippen MR) is 43.1 cm³/mol. The average molecular weight is 188 g/mol. The fraction of sp³-hybridized carbons (Fsp3) is 0.286. The van der Waals surface area contributed by atoms with Gasteiger partial charge in [0.2, 0.25) is 0 Å². The smallest absolute Gasteiger partial charge is 0.265 e. The molecule has 0 fully saturated rings. The second kappa shape index (κ2) is 3.64. The second-order valence-corrected chi connectivity index (χ2v) is 4.02. The number of H-pyrrole nitrogens is 1. The number of hydrogen-bond acceptors (Lipinski definition) is 2. The molecule has 4 nitrogen and oxygen atoms in total. The fourth-order valence-corrected chi connectivity index (χ4v) is 1.33. The van der Waals surface area contributed by atoms with Gasteiger partial charge in [-0.25, -0.2) is 4.98 Å². The van der Waals surface area contributed by atoms with E-state index in [1.807, 2.05) is 0 Å². The molecule has 0 aliphatic rings. The summed E-state index contributed by atoms with van der Waals surface area (Å²) >= 11 is 0. The lowest BCUT2D eigenvalue weighted by Gasteiger charge is -1.94. The lowest BCUT2D eigenvalue weighted by molar-refractivity contribution is -0.378. The van der Waals surface area contributed by atoms with E-state index in [4.69, 9.17) is 4.55 Å². The van der Waals surface area contributed by atoms with Crippen molar-refractivity contribution in [3.8, 4) is 0 Å². The van der Waals surface area contributed by atoms with Crippen LogP contribution >= 0.6 is 0 Å². The zero-order valence-electron chi connectivity index (χ0n) is 6.40. The maximum atomic E-state index is 10.3. The summed E-state index contributed by atoms with van der Waals surface area (Å²) in [5.41, 5.74) is 0.857. The first-order valence-corrected chi connectivity index (χ1v) is 5.09. The summed E-state index contributed by atoms with van der Waals surface area (Å²) in [6.07, 6.45) is 3.76. The Morgan fingerprint density at radius 2 is 2.25 bits per heavy atom. The van der Waals surface area contributed by atoms with E-state index in [2.05, 4.69) is 4.98 Å². The Bertz CT molecular complexity index is 333. The molecule has 0 unspecified atom stereocenters. The van der Waals surface area contributed by atoms with Crippen molar-refractivity contribution in [2.45, 2.75) is 6.42 Å². The number of rotatable bonds is 3. The molecule has 2 N–H and O–H groups in total. The van der Waals surface area contributed by atoms with E-state index in [-0.39, 0.29) is 5.75 Å². The van der Waals surface area contributed by atoms with Crippen LogP contribution in [0.5, 0.6) is 0 Å². The predicted octanol–water partition coefficient (Wildman–Crippen LogP) is -0.0690. The van der Waals surface area contributed by atoms with Crippen LogP contribution < -0.4 is 4.98 Å². The lowest BCUT2D eigenvalue weighted by Crippen LogP contribution is -2.08. The van der Waals surface area contributed by atoms with E-state index in [1.54, 1.807) is 24.5 Å². The van der Waals surface area contributed by atoms with Gasteiger partial charge in [-0.2, -0.15) is 8.42 Å². The van der Waals surface area contributed by atoms with Crippen LogP contribution in [0, 0.1) is 0 Å². The number of nitrogens with one attached hydrogen (secondary N) is 1. The van der Waals surface area contributed by atoms with Gasteiger partial charge in [0, 0.05) is 11.6 Å². The Morgan fingerprint density at radius 3 is 2.75 bits per heavy atom. The third kappa shape index (κ3) is 3.45. The highest BCUT2D eigenvalue weighted by Crippen LogP contribution is 1.96. The molecule has 0 amide bonds. The molecule has 1 heterocycles. The quantitative estimate of drug-likeness (QED) is 0.675. The van der Waals surface area contributed by atoms with E-state index in [9.17, 15) is 8.42 Å². The average Bonchev–Trinajstić information content (AvgIpc) is 2.02. The Balaban J connectivity index is 2.56. The van der Waals surface area contributed by atoms with E-state index in [0.29, 0.717) is 6.42 Å². The minimum Gasteiger partial charge on any atom is -0.286 e. The van der Waals surface area contributed by atoms with Crippen LogP contribution in [0.3, 0.4) is 0 Å². The van der Waals surface area contributed by atoms with Gasteiger partial charge in [-0.15, -0.1) is 0 Å². The first-order chi connectivity index (χ1) is 5.58. The molecule has 0 atom stereocenters. The van der Waals surface area contributed by atoms with Crippen molar-refractivity contribution < 1.29 is 18.0 Å². The SMILES string of the molecule is O=S(=O)(O)CCc1ccc[nH+]c1. The molecule has 66 valence electrons. The van der Waals surface area contributed by atoms with Crippen LogP contribution in [-0.4, -0.2) is 18.7 Å². The van der Waals surface area contributed by atoms with Crippen molar-refractivity contribution in [1.29, 1.82) is 0 Å². The molecule has 0 saturated heterocycles. The van der Waals surface area contributed by atoms with Gasteiger partial charge in [0.25, 0.3) is 10.1 Å². The van der Waals surface area contributed by atoms with Crippen LogP contribution in [0.1, 0.15) is 5.56 Å². The molecule has 5 heteroatoms. The van der Waals surface area contributed by atoms with Crippen molar-refractivity contribution in [1.82, 2.24) is 0 Å². The molecule has 1 rings (SSSR count). The Morgan fingerprint density at radius 1 is 1.50 bits per heavy atom. The largest absolute Gasteiger partial charge is 0.286 e. The molecule has 1 aromatic rings. The molecular weight excluding hydrogens is 178 g/mol. The zero-order chi connectivity index (χ0) is 9.03. The van der Waals surface area contributed by atoms with E-state index in [0.717, 1.165) is 5.56 Å². The highest BCUT2D eigenvalue weighted by atomic mass is 32.2. The first kappa shape index (κ1) is 9.15. The minimum atomic E-state index is -3.84. The van der Waals surface area contributed by atoms with Gasteiger partial charge < -0.3 is 0 Å². The van der Waals surface area contributed by atoms with Gasteiger partial charge >= 0.3 is 0 Å². The topological polar surface area (TPSA) is 68.5 Å². The molecule has 0 radical (unpaired) electrons. The molecule has 12 heavy (non-hydrogen) atoms. The van der Waals surface area contributed by atoms with Crippen molar-refractivity contribution in [2.75, 3.05) is 5.75 Å². The maximum absolute atomic E-state index is 10.3. The monoisotopic (exact) mass is 188 g/mol. The molecule has 0 spiro atoms. The van der Waals surface area contributed by atoms with Crippen molar-refractivity contribution in [3.05, 3.63) is 30.1 Å². The van der Waals surface area contributed by atoms with Gasteiger partial charge in [0.05, 0.1) is 5.75 Å². The minimum absolute atomic E-state index is 0.231.